The van der Waals surface area contributed by atoms with E-state index in [2.05, 4.69) is 13.5 Å². The molecule has 0 bridgehead atoms. The second-order valence-corrected chi connectivity index (χ2v) is 6.72. The Morgan fingerprint density at radius 3 is 2.72 bits per heavy atom. The monoisotopic (exact) mass is 250 g/mol. The molecule has 18 heavy (non-hydrogen) atoms. The molecule has 1 saturated heterocycles. The van der Waals surface area contributed by atoms with Crippen molar-refractivity contribution in [3.05, 3.63) is 12.2 Å². The van der Waals surface area contributed by atoms with Gasteiger partial charge in [-0.15, -0.1) is 0 Å². The summed E-state index contributed by atoms with van der Waals surface area (Å²) in [5, 5.41) is 9.11. The van der Waals surface area contributed by atoms with Crippen molar-refractivity contribution in [1.82, 2.24) is 0 Å². The Kier molecular flexibility index (Phi) is 2.60. The molecule has 0 aromatic rings. The van der Waals surface area contributed by atoms with E-state index in [1.54, 1.807) is 0 Å². The third kappa shape index (κ3) is 1.71. The van der Waals surface area contributed by atoms with Crippen molar-refractivity contribution < 1.29 is 14.6 Å². The molecule has 1 unspecified atom stereocenters. The average Bonchev–Trinajstić information content (AvgIpc) is 3.08. The van der Waals surface area contributed by atoms with Crippen molar-refractivity contribution in [2.24, 2.45) is 17.3 Å². The minimum Gasteiger partial charge on any atom is -0.478 e. The van der Waals surface area contributed by atoms with Gasteiger partial charge in [-0.1, -0.05) is 13.5 Å². The van der Waals surface area contributed by atoms with Gasteiger partial charge in [-0.3, -0.25) is 0 Å². The average molecular weight is 250 g/mol. The number of carboxylic acid groups (broad SMARTS) is 1. The maximum Gasteiger partial charge on any atom is 0.331 e. The Morgan fingerprint density at radius 1 is 1.39 bits per heavy atom. The van der Waals surface area contributed by atoms with Crippen LogP contribution in [0.25, 0.3) is 0 Å². The van der Waals surface area contributed by atoms with Crippen LogP contribution in [0.2, 0.25) is 0 Å². The van der Waals surface area contributed by atoms with Crippen LogP contribution in [0.1, 0.15) is 45.4 Å². The number of hydrogen-bond donors (Lipinski definition) is 1. The number of carboxylic acids is 1. The number of epoxide rings is 1. The fourth-order valence-electron chi connectivity index (χ4n) is 4.41. The lowest BCUT2D eigenvalue weighted by molar-refractivity contribution is -0.133. The molecule has 3 rings (SSSR count). The fraction of sp³-hybridized carbons (Fsp3) is 0.800. The van der Waals surface area contributed by atoms with Crippen LogP contribution < -0.4 is 0 Å². The standard InChI is InChI=1S/C15H22O3/c1-10(13(16)17)11-4-7-14(2)5-3-6-15(9-18-15)12(14)8-11/h11-12H,1,3-9H2,2H3,(H,16,17)/t11-,12?,14-,15+/m1/s1. The van der Waals surface area contributed by atoms with Gasteiger partial charge in [-0.2, -0.15) is 0 Å². The van der Waals surface area contributed by atoms with Crippen molar-refractivity contribution in [2.75, 3.05) is 6.61 Å². The van der Waals surface area contributed by atoms with E-state index in [9.17, 15) is 4.79 Å². The molecular formula is C15H22O3. The van der Waals surface area contributed by atoms with Crippen LogP contribution in [-0.2, 0) is 9.53 Å². The molecule has 1 spiro atoms. The minimum atomic E-state index is -0.829. The topological polar surface area (TPSA) is 49.8 Å². The molecule has 3 fully saturated rings. The number of ether oxygens (including phenoxy) is 1. The predicted molar refractivity (Wildman–Crippen MR) is 68.2 cm³/mol. The van der Waals surface area contributed by atoms with E-state index in [1.165, 1.54) is 19.3 Å². The van der Waals surface area contributed by atoms with Gasteiger partial charge in [0.15, 0.2) is 0 Å². The Bertz CT molecular complexity index is 397. The molecule has 2 saturated carbocycles. The third-order valence-electron chi connectivity index (χ3n) is 5.69. The zero-order valence-electron chi connectivity index (χ0n) is 11.1. The van der Waals surface area contributed by atoms with E-state index in [0.29, 0.717) is 16.9 Å². The summed E-state index contributed by atoms with van der Waals surface area (Å²) in [7, 11) is 0. The second kappa shape index (κ2) is 3.83. The number of carbonyl (C=O) groups is 1. The fourth-order valence-corrected chi connectivity index (χ4v) is 4.41. The minimum absolute atomic E-state index is 0.102. The molecule has 100 valence electrons. The maximum atomic E-state index is 11.1. The van der Waals surface area contributed by atoms with Crippen molar-refractivity contribution >= 4 is 5.97 Å². The summed E-state index contributed by atoms with van der Waals surface area (Å²) in [4.78, 5) is 11.1. The highest BCUT2D eigenvalue weighted by atomic mass is 16.6. The second-order valence-electron chi connectivity index (χ2n) is 6.72. The Morgan fingerprint density at radius 2 is 2.11 bits per heavy atom. The lowest BCUT2D eigenvalue weighted by atomic mass is 9.54. The van der Waals surface area contributed by atoms with E-state index >= 15 is 0 Å². The van der Waals surface area contributed by atoms with Crippen LogP contribution in [-0.4, -0.2) is 23.3 Å². The van der Waals surface area contributed by atoms with Crippen LogP contribution in [0.3, 0.4) is 0 Å². The first-order valence-electron chi connectivity index (χ1n) is 7.03. The smallest absolute Gasteiger partial charge is 0.331 e. The lowest BCUT2D eigenvalue weighted by Crippen LogP contribution is -2.47. The highest BCUT2D eigenvalue weighted by Gasteiger charge is 2.61. The van der Waals surface area contributed by atoms with Gasteiger partial charge >= 0.3 is 5.97 Å². The molecule has 0 amide bonds. The number of rotatable bonds is 2. The van der Waals surface area contributed by atoms with Gasteiger partial charge in [-0.05, 0) is 55.8 Å². The van der Waals surface area contributed by atoms with Gasteiger partial charge in [0.1, 0.15) is 0 Å². The highest BCUT2D eigenvalue weighted by molar-refractivity contribution is 5.86. The normalized spacial score (nSPS) is 46.5. The van der Waals surface area contributed by atoms with Crippen molar-refractivity contribution in [3.8, 4) is 0 Å². The molecule has 3 heteroatoms. The van der Waals surface area contributed by atoms with E-state index < -0.39 is 5.97 Å². The molecule has 3 nitrogen and oxygen atoms in total. The van der Waals surface area contributed by atoms with E-state index in [-0.39, 0.29) is 11.5 Å². The first kappa shape index (κ1) is 12.2. The zero-order chi connectivity index (χ0) is 13.0. The summed E-state index contributed by atoms with van der Waals surface area (Å²) in [6.07, 6.45) is 6.77. The molecule has 1 N–H and O–H groups in total. The lowest BCUT2D eigenvalue weighted by Gasteiger charge is -2.50. The van der Waals surface area contributed by atoms with Crippen LogP contribution >= 0.6 is 0 Å². The summed E-state index contributed by atoms with van der Waals surface area (Å²) >= 11 is 0. The van der Waals surface area contributed by atoms with Gasteiger partial charge in [-0.25, -0.2) is 4.79 Å². The Labute approximate surface area is 108 Å². The Balaban J connectivity index is 1.81. The third-order valence-corrected chi connectivity index (χ3v) is 5.69. The summed E-state index contributed by atoms with van der Waals surface area (Å²) in [5.41, 5.74) is 0.868. The molecule has 0 aromatic heterocycles. The van der Waals surface area contributed by atoms with Crippen LogP contribution in [0.5, 0.6) is 0 Å². The molecule has 1 aliphatic heterocycles. The van der Waals surface area contributed by atoms with E-state index in [1.807, 2.05) is 0 Å². The maximum absolute atomic E-state index is 11.1. The highest BCUT2D eigenvalue weighted by Crippen LogP contribution is 2.61. The van der Waals surface area contributed by atoms with Crippen LogP contribution in [0.4, 0.5) is 0 Å². The van der Waals surface area contributed by atoms with Crippen molar-refractivity contribution in [1.29, 1.82) is 0 Å². The van der Waals surface area contributed by atoms with Crippen molar-refractivity contribution in [3.63, 3.8) is 0 Å². The van der Waals surface area contributed by atoms with Gasteiger partial charge in [0.25, 0.3) is 0 Å². The van der Waals surface area contributed by atoms with E-state index in [4.69, 9.17) is 9.84 Å². The molecule has 1 heterocycles. The molecule has 0 radical (unpaired) electrons. The quantitative estimate of drug-likeness (QED) is 0.605. The van der Waals surface area contributed by atoms with Gasteiger partial charge in [0.05, 0.1) is 12.2 Å². The summed E-state index contributed by atoms with van der Waals surface area (Å²) < 4.78 is 5.78. The largest absolute Gasteiger partial charge is 0.478 e. The SMILES string of the molecule is C=C(C(=O)O)[C@@H]1CC[C@@]2(C)CCC[C@]3(CO3)C2C1. The Hall–Kier alpha value is -0.830. The summed E-state index contributed by atoms with van der Waals surface area (Å²) in [6, 6.07) is 0. The predicted octanol–water partition coefficient (Wildman–Crippen LogP) is 3.00. The zero-order valence-corrected chi connectivity index (χ0v) is 11.1. The molecule has 4 atom stereocenters. The summed E-state index contributed by atoms with van der Waals surface area (Å²) in [5.74, 6) is -0.140. The molecular weight excluding hydrogens is 228 g/mol. The van der Waals surface area contributed by atoms with Gasteiger partial charge in [0, 0.05) is 5.57 Å². The number of aliphatic carboxylic acids is 1. The van der Waals surface area contributed by atoms with Gasteiger partial charge < -0.3 is 9.84 Å². The first-order chi connectivity index (χ1) is 8.47. The number of hydrogen-bond acceptors (Lipinski definition) is 2. The molecule has 2 aliphatic carbocycles. The van der Waals surface area contributed by atoms with Crippen LogP contribution in [0.15, 0.2) is 12.2 Å². The molecule has 0 aromatic carbocycles. The molecule has 3 aliphatic rings. The number of fused-ring (bicyclic) bond motifs is 2. The summed E-state index contributed by atoms with van der Waals surface area (Å²) in [6.45, 7) is 7.03. The van der Waals surface area contributed by atoms with Crippen LogP contribution in [0, 0.1) is 17.3 Å². The van der Waals surface area contributed by atoms with E-state index in [0.717, 1.165) is 25.9 Å². The van der Waals surface area contributed by atoms with Crippen molar-refractivity contribution in [2.45, 2.75) is 51.0 Å². The first-order valence-corrected chi connectivity index (χ1v) is 7.03. The van der Waals surface area contributed by atoms with Gasteiger partial charge in [0.2, 0.25) is 0 Å².